The van der Waals surface area contributed by atoms with Gasteiger partial charge in [-0.05, 0) is 30.2 Å². The largest absolute Gasteiger partial charge is 0.333 e. The van der Waals surface area contributed by atoms with Crippen LogP contribution in [0.3, 0.4) is 0 Å². The third-order valence-electron chi connectivity index (χ3n) is 2.84. The van der Waals surface area contributed by atoms with E-state index in [2.05, 4.69) is 23.7 Å². The average molecular weight is 342 g/mol. The van der Waals surface area contributed by atoms with Gasteiger partial charge < -0.3 is 5.32 Å². The minimum absolute atomic E-state index is 0.427. The van der Waals surface area contributed by atoms with Crippen molar-refractivity contribution in [3.8, 4) is 0 Å². The molecule has 0 aliphatic rings. The highest BCUT2D eigenvalue weighted by Gasteiger charge is 2.11. The van der Waals surface area contributed by atoms with E-state index in [1.54, 1.807) is 23.1 Å². The lowest BCUT2D eigenvalue weighted by atomic mass is 10.1. The maximum absolute atomic E-state index is 11.4. The predicted octanol–water partition coefficient (Wildman–Crippen LogP) is 4.25. The van der Waals surface area contributed by atoms with E-state index >= 15 is 0 Å². The van der Waals surface area contributed by atoms with E-state index in [-0.39, 0.29) is 0 Å². The number of nitrogens with one attached hydrogen (secondary N) is 2. The molecule has 0 aliphatic heterocycles. The Morgan fingerprint density at radius 3 is 2.81 bits per heavy atom. The summed E-state index contributed by atoms with van der Waals surface area (Å²) in [6.45, 7) is 2.09. The number of nitrogens with two attached hydrogens (primary N) is 1. The molecule has 0 spiro atoms. The molecule has 0 atom stereocenters. The van der Waals surface area contributed by atoms with E-state index in [0.29, 0.717) is 0 Å². The molecule has 21 heavy (non-hydrogen) atoms. The summed E-state index contributed by atoms with van der Waals surface area (Å²) in [6, 6.07) is 9.36. The lowest BCUT2D eigenvalue weighted by Crippen LogP contribution is -2.34. The van der Waals surface area contributed by atoms with Gasteiger partial charge in [0.25, 0.3) is 0 Å². The van der Waals surface area contributed by atoms with Gasteiger partial charge in [0.05, 0.1) is 10.0 Å². The number of hydrogen-bond acceptors (Lipinski definition) is 4. The zero-order chi connectivity index (χ0) is 15.2. The Kier molecular flexibility index (Phi) is 5.93. The molecule has 2 amide bonds. The van der Waals surface area contributed by atoms with E-state index < -0.39 is 6.03 Å². The van der Waals surface area contributed by atoms with Crippen molar-refractivity contribution in [2.24, 2.45) is 5.84 Å². The number of rotatable bonds is 5. The van der Waals surface area contributed by atoms with Gasteiger partial charge in [0.2, 0.25) is 0 Å². The molecule has 0 unspecified atom stereocenters. The molecule has 0 saturated carbocycles. The highest BCUT2D eigenvalue weighted by Crippen LogP contribution is 2.35. The maximum Gasteiger partial charge on any atom is 0.333 e. The number of thioether (sulfide) groups is 1. The lowest BCUT2D eigenvalue weighted by molar-refractivity contribution is 0.252. The Bertz CT molecular complexity index is 630. The molecule has 4 nitrogen and oxygen atoms in total. The molecule has 7 heteroatoms. The summed E-state index contributed by atoms with van der Waals surface area (Å²) >= 11 is 9.20. The normalized spacial score (nSPS) is 10.4. The van der Waals surface area contributed by atoms with Crippen molar-refractivity contribution in [2.75, 3.05) is 5.32 Å². The van der Waals surface area contributed by atoms with Crippen LogP contribution >= 0.6 is 34.7 Å². The molecule has 0 saturated heterocycles. The first-order chi connectivity index (χ1) is 10.1. The van der Waals surface area contributed by atoms with Gasteiger partial charge in [-0.15, -0.1) is 23.1 Å². The molecule has 0 aliphatic carbocycles. The molecule has 112 valence electrons. The highest BCUT2D eigenvalue weighted by atomic mass is 35.5. The Morgan fingerprint density at radius 1 is 1.38 bits per heavy atom. The standard InChI is InChI=1S/C14H16ClN3OS2/c1-2-9-4-3-5-11(17-14(19)18-16)13(9)20-8-10-6-7-12(15)21-10/h3-7H,2,8,16H2,1H3,(H2,17,18,19). The van der Waals surface area contributed by atoms with Gasteiger partial charge in [-0.2, -0.15) is 0 Å². The summed E-state index contributed by atoms with van der Waals surface area (Å²) in [5, 5.41) is 2.76. The van der Waals surface area contributed by atoms with Crippen LogP contribution in [0, 0.1) is 0 Å². The molecule has 0 radical (unpaired) electrons. The number of carbonyl (C=O) groups excluding carboxylic acids is 1. The molecule has 0 bridgehead atoms. The van der Waals surface area contributed by atoms with E-state index in [4.69, 9.17) is 17.4 Å². The van der Waals surface area contributed by atoms with E-state index in [1.165, 1.54) is 10.4 Å². The SMILES string of the molecule is CCc1cccc(NC(=O)NN)c1SCc1ccc(Cl)s1. The molecule has 2 aromatic rings. The minimum atomic E-state index is -0.427. The van der Waals surface area contributed by atoms with Crippen LogP contribution in [-0.2, 0) is 12.2 Å². The van der Waals surface area contributed by atoms with Crippen molar-refractivity contribution in [3.63, 3.8) is 0 Å². The summed E-state index contributed by atoms with van der Waals surface area (Å²) in [5.41, 5.74) is 4.04. The molecule has 2 rings (SSSR count). The number of aryl methyl sites for hydroxylation is 1. The Morgan fingerprint density at radius 2 is 2.19 bits per heavy atom. The zero-order valence-electron chi connectivity index (χ0n) is 11.5. The molecule has 1 heterocycles. The Hall–Kier alpha value is -1.21. The average Bonchev–Trinajstić information content (AvgIpc) is 2.91. The number of amides is 2. The fourth-order valence-corrected chi connectivity index (χ4v) is 4.21. The lowest BCUT2D eigenvalue weighted by Gasteiger charge is -2.14. The van der Waals surface area contributed by atoms with Crippen LogP contribution in [0.4, 0.5) is 10.5 Å². The van der Waals surface area contributed by atoms with Crippen molar-refractivity contribution in [2.45, 2.75) is 24.0 Å². The van der Waals surface area contributed by atoms with Gasteiger partial charge in [-0.25, -0.2) is 10.6 Å². The van der Waals surface area contributed by atoms with Crippen LogP contribution in [0.1, 0.15) is 17.4 Å². The van der Waals surface area contributed by atoms with Crippen molar-refractivity contribution in [1.29, 1.82) is 0 Å². The predicted molar refractivity (Wildman–Crippen MR) is 91.1 cm³/mol. The van der Waals surface area contributed by atoms with E-state index in [0.717, 1.165) is 27.1 Å². The number of halogens is 1. The Labute approximate surface area is 137 Å². The number of urea groups is 1. The van der Waals surface area contributed by atoms with Crippen LogP contribution in [0.2, 0.25) is 4.34 Å². The molecular weight excluding hydrogens is 326 g/mol. The number of anilines is 1. The van der Waals surface area contributed by atoms with Crippen molar-refractivity contribution in [1.82, 2.24) is 5.43 Å². The van der Waals surface area contributed by atoms with Crippen LogP contribution in [-0.4, -0.2) is 6.03 Å². The second-order valence-electron chi connectivity index (χ2n) is 4.24. The van der Waals surface area contributed by atoms with Crippen molar-refractivity contribution in [3.05, 3.63) is 45.1 Å². The van der Waals surface area contributed by atoms with E-state index in [9.17, 15) is 4.79 Å². The van der Waals surface area contributed by atoms with Gasteiger partial charge in [0, 0.05) is 15.5 Å². The maximum atomic E-state index is 11.4. The monoisotopic (exact) mass is 341 g/mol. The van der Waals surface area contributed by atoms with Gasteiger partial charge in [0.1, 0.15) is 0 Å². The topological polar surface area (TPSA) is 67.2 Å². The smallest absolute Gasteiger partial charge is 0.306 e. The number of hydrazine groups is 1. The number of thiophene rings is 1. The molecule has 1 aromatic carbocycles. The number of hydrogen-bond donors (Lipinski definition) is 3. The van der Waals surface area contributed by atoms with Crippen LogP contribution in [0.25, 0.3) is 0 Å². The first-order valence-corrected chi connectivity index (χ1v) is 8.58. The second kappa shape index (κ2) is 7.70. The first kappa shape index (κ1) is 16.2. The van der Waals surface area contributed by atoms with Crippen molar-refractivity contribution >= 4 is 46.4 Å². The number of carbonyl (C=O) groups is 1. The molecular formula is C14H16ClN3OS2. The van der Waals surface area contributed by atoms with Crippen LogP contribution in [0.5, 0.6) is 0 Å². The summed E-state index contributed by atoms with van der Waals surface area (Å²) in [5.74, 6) is 5.94. The highest BCUT2D eigenvalue weighted by molar-refractivity contribution is 7.98. The molecule has 0 fully saturated rings. The third kappa shape index (κ3) is 4.38. The fourth-order valence-electron chi connectivity index (χ4n) is 1.86. The molecule has 4 N–H and O–H groups in total. The van der Waals surface area contributed by atoms with Gasteiger partial charge in [-0.3, -0.25) is 5.43 Å². The van der Waals surface area contributed by atoms with Crippen LogP contribution in [0.15, 0.2) is 35.2 Å². The summed E-state index contributed by atoms with van der Waals surface area (Å²) in [7, 11) is 0. The molecule has 1 aromatic heterocycles. The zero-order valence-corrected chi connectivity index (χ0v) is 13.9. The van der Waals surface area contributed by atoms with Crippen molar-refractivity contribution < 1.29 is 4.79 Å². The summed E-state index contributed by atoms with van der Waals surface area (Å²) in [6.07, 6.45) is 0.896. The summed E-state index contributed by atoms with van der Waals surface area (Å²) < 4.78 is 0.787. The van der Waals surface area contributed by atoms with E-state index in [1.807, 2.05) is 24.3 Å². The van der Waals surface area contributed by atoms with Gasteiger partial charge in [0.15, 0.2) is 0 Å². The van der Waals surface area contributed by atoms with Gasteiger partial charge in [-0.1, -0.05) is 30.7 Å². The second-order valence-corrected chi connectivity index (χ2v) is 7.03. The fraction of sp³-hybridized carbons (Fsp3) is 0.214. The third-order valence-corrected chi connectivity index (χ3v) is 5.48. The quantitative estimate of drug-likeness (QED) is 0.329. The first-order valence-electron chi connectivity index (χ1n) is 6.40. The summed E-state index contributed by atoms with van der Waals surface area (Å²) in [4.78, 5) is 13.7. The number of benzene rings is 1. The Balaban J connectivity index is 2.20. The van der Waals surface area contributed by atoms with Gasteiger partial charge >= 0.3 is 6.03 Å². The minimum Gasteiger partial charge on any atom is -0.306 e. The van der Waals surface area contributed by atoms with Crippen LogP contribution < -0.4 is 16.6 Å².